The Morgan fingerprint density at radius 1 is 1.33 bits per heavy atom. The topological polar surface area (TPSA) is 64.7 Å². The summed E-state index contributed by atoms with van der Waals surface area (Å²) in [5, 5.41) is 7.80. The molecule has 0 aliphatic heterocycles. The molecule has 0 aromatic carbocycles. The molecule has 0 radical (unpaired) electrons. The highest BCUT2D eigenvalue weighted by Crippen LogP contribution is 2.25. The zero-order chi connectivity index (χ0) is 17.3. The number of rotatable bonds is 4. The van der Waals surface area contributed by atoms with Crippen molar-refractivity contribution in [1.82, 2.24) is 24.6 Å². The number of aromatic nitrogens is 4. The Bertz CT molecular complexity index is 709. The van der Waals surface area contributed by atoms with E-state index in [-0.39, 0.29) is 17.4 Å². The molecule has 2 aromatic rings. The van der Waals surface area contributed by atoms with Gasteiger partial charge in [-0.25, -0.2) is 4.98 Å². The van der Waals surface area contributed by atoms with E-state index < -0.39 is 0 Å². The average Bonchev–Trinajstić information content (AvgIpc) is 3.11. The molecule has 1 aliphatic carbocycles. The summed E-state index contributed by atoms with van der Waals surface area (Å²) in [4.78, 5) is 17.1. The quantitative estimate of drug-likeness (QED) is 0.936. The van der Waals surface area contributed by atoms with Gasteiger partial charge in [-0.15, -0.1) is 0 Å². The van der Waals surface area contributed by atoms with E-state index in [9.17, 15) is 4.79 Å². The van der Waals surface area contributed by atoms with E-state index in [1.54, 1.807) is 17.2 Å². The van der Waals surface area contributed by atoms with Crippen LogP contribution in [0.15, 0.2) is 18.7 Å². The number of hydrogen-bond acceptors (Lipinski definition) is 3. The average molecular weight is 329 g/mol. The molecule has 0 saturated carbocycles. The van der Waals surface area contributed by atoms with Gasteiger partial charge in [0.15, 0.2) is 0 Å². The maximum absolute atomic E-state index is 13.0. The Morgan fingerprint density at radius 3 is 2.75 bits per heavy atom. The molecule has 2 aromatic heterocycles. The van der Waals surface area contributed by atoms with Gasteiger partial charge in [-0.3, -0.25) is 9.48 Å². The highest BCUT2D eigenvalue weighted by Gasteiger charge is 2.30. The van der Waals surface area contributed by atoms with E-state index in [0.717, 1.165) is 42.6 Å². The van der Waals surface area contributed by atoms with Crippen LogP contribution >= 0.6 is 0 Å². The van der Waals surface area contributed by atoms with Crippen LogP contribution in [0.4, 0.5) is 0 Å². The number of nitrogens with zero attached hydrogens (tertiary/aromatic N) is 4. The molecule has 1 N–H and O–H groups in total. The predicted octanol–water partition coefficient (Wildman–Crippen LogP) is 2.34. The molecule has 0 saturated heterocycles. The third-order valence-electron chi connectivity index (χ3n) is 4.84. The largest absolute Gasteiger partial charge is 0.346 e. The van der Waals surface area contributed by atoms with Crippen LogP contribution in [0.3, 0.4) is 0 Å². The van der Waals surface area contributed by atoms with Gasteiger partial charge in [0.05, 0.1) is 18.1 Å². The van der Waals surface area contributed by atoms with E-state index in [0.29, 0.717) is 6.54 Å². The summed E-state index contributed by atoms with van der Waals surface area (Å²) in [6.45, 7) is 7.14. The smallest absolute Gasteiger partial charge is 0.270 e. The molecule has 130 valence electrons. The van der Waals surface area contributed by atoms with Crippen LogP contribution in [-0.4, -0.2) is 31.3 Å². The second kappa shape index (κ2) is 6.42. The van der Waals surface area contributed by atoms with Gasteiger partial charge >= 0.3 is 0 Å². The van der Waals surface area contributed by atoms with E-state index in [2.05, 4.69) is 36.2 Å². The van der Waals surface area contributed by atoms with Crippen LogP contribution in [0.25, 0.3) is 0 Å². The van der Waals surface area contributed by atoms with Crippen molar-refractivity contribution in [1.29, 1.82) is 0 Å². The number of imidazole rings is 1. The van der Waals surface area contributed by atoms with E-state index in [4.69, 9.17) is 0 Å². The van der Waals surface area contributed by atoms with Crippen molar-refractivity contribution in [2.45, 2.75) is 59.0 Å². The van der Waals surface area contributed by atoms with Crippen molar-refractivity contribution < 1.29 is 4.79 Å². The number of nitrogens with one attached hydrogen (secondary N) is 1. The fraction of sp³-hybridized carbons (Fsp3) is 0.611. The van der Waals surface area contributed by atoms with Gasteiger partial charge in [0.1, 0.15) is 5.69 Å². The minimum absolute atomic E-state index is 0.00772. The number of hydrogen-bond donors (Lipinski definition) is 1. The van der Waals surface area contributed by atoms with E-state index in [1.807, 2.05) is 17.8 Å². The lowest BCUT2D eigenvalue weighted by Gasteiger charge is -2.32. The third-order valence-corrected chi connectivity index (χ3v) is 4.84. The Hall–Kier alpha value is -2.11. The summed E-state index contributed by atoms with van der Waals surface area (Å²) in [7, 11) is 1.87. The Balaban J connectivity index is 1.82. The van der Waals surface area contributed by atoms with Crippen LogP contribution in [0.1, 0.15) is 55.4 Å². The van der Waals surface area contributed by atoms with Gasteiger partial charge in [0.2, 0.25) is 0 Å². The lowest BCUT2D eigenvalue weighted by Crippen LogP contribution is -2.47. The zero-order valence-electron chi connectivity index (χ0n) is 15.0. The first kappa shape index (κ1) is 16.7. The van der Waals surface area contributed by atoms with Gasteiger partial charge in [-0.05, 0) is 31.1 Å². The second-order valence-corrected chi connectivity index (χ2v) is 7.76. The molecule has 0 fully saturated rings. The molecule has 1 amide bonds. The number of fused-ring (bicyclic) bond motifs is 1. The van der Waals surface area contributed by atoms with Crippen LogP contribution in [0, 0.1) is 5.41 Å². The summed E-state index contributed by atoms with van der Waals surface area (Å²) in [6, 6.07) is 0.00772. The first-order chi connectivity index (χ1) is 11.4. The molecule has 1 atom stereocenters. The fourth-order valence-corrected chi connectivity index (χ4v) is 3.33. The normalized spacial score (nSPS) is 15.8. The Labute approximate surface area is 143 Å². The van der Waals surface area contributed by atoms with Crippen molar-refractivity contribution in [2.24, 2.45) is 12.5 Å². The van der Waals surface area contributed by atoms with Crippen molar-refractivity contribution in [2.75, 3.05) is 0 Å². The van der Waals surface area contributed by atoms with Crippen LogP contribution in [0.5, 0.6) is 0 Å². The van der Waals surface area contributed by atoms with Crippen molar-refractivity contribution in [3.63, 3.8) is 0 Å². The van der Waals surface area contributed by atoms with E-state index >= 15 is 0 Å². The Kier molecular flexibility index (Phi) is 4.47. The highest BCUT2D eigenvalue weighted by molar-refractivity contribution is 5.94. The summed E-state index contributed by atoms with van der Waals surface area (Å²) in [5.41, 5.74) is 2.90. The first-order valence-corrected chi connectivity index (χ1v) is 8.67. The lowest BCUT2D eigenvalue weighted by molar-refractivity contribution is 0.0882. The zero-order valence-corrected chi connectivity index (χ0v) is 15.0. The van der Waals surface area contributed by atoms with Crippen molar-refractivity contribution >= 4 is 5.91 Å². The molecule has 1 aliphatic rings. The number of carbonyl (C=O) groups excluding carboxylic acids is 1. The van der Waals surface area contributed by atoms with Gasteiger partial charge in [-0.1, -0.05) is 20.8 Å². The standard InChI is InChI=1S/C18H27N5O/c1-18(2,3)15(11-23-10-9-19-12-23)20-17(24)16-13-7-5-6-8-14(13)21-22(16)4/h9-10,12,15H,5-8,11H2,1-4H3,(H,20,24)/t15-/m0/s1. The molecule has 3 rings (SSSR count). The molecule has 24 heavy (non-hydrogen) atoms. The minimum atomic E-state index is -0.0570. The molecular weight excluding hydrogens is 302 g/mol. The fourth-order valence-electron chi connectivity index (χ4n) is 3.33. The van der Waals surface area contributed by atoms with Gasteiger partial charge in [0, 0.05) is 31.5 Å². The summed E-state index contributed by atoms with van der Waals surface area (Å²) in [6.07, 6.45) is 9.71. The molecule has 0 bridgehead atoms. The van der Waals surface area contributed by atoms with Gasteiger partial charge < -0.3 is 9.88 Å². The summed E-state index contributed by atoms with van der Waals surface area (Å²) >= 11 is 0. The predicted molar refractivity (Wildman–Crippen MR) is 92.8 cm³/mol. The Morgan fingerprint density at radius 2 is 2.08 bits per heavy atom. The van der Waals surface area contributed by atoms with Gasteiger partial charge in [-0.2, -0.15) is 5.10 Å². The molecular formula is C18H27N5O. The van der Waals surface area contributed by atoms with E-state index in [1.165, 1.54) is 0 Å². The first-order valence-electron chi connectivity index (χ1n) is 8.67. The number of carbonyl (C=O) groups is 1. The molecule has 6 nitrogen and oxygen atoms in total. The summed E-state index contributed by atoms with van der Waals surface area (Å²) < 4.78 is 3.76. The number of aryl methyl sites for hydroxylation is 2. The maximum Gasteiger partial charge on any atom is 0.270 e. The minimum Gasteiger partial charge on any atom is -0.346 e. The van der Waals surface area contributed by atoms with Crippen molar-refractivity contribution in [3.05, 3.63) is 35.7 Å². The molecule has 2 heterocycles. The number of amides is 1. The molecule has 6 heteroatoms. The third kappa shape index (κ3) is 3.37. The highest BCUT2D eigenvalue weighted by atomic mass is 16.2. The summed E-state index contributed by atoms with van der Waals surface area (Å²) in [5.74, 6) is -0.0202. The lowest BCUT2D eigenvalue weighted by atomic mass is 9.86. The van der Waals surface area contributed by atoms with Crippen molar-refractivity contribution in [3.8, 4) is 0 Å². The van der Waals surface area contributed by atoms with Crippen LogP contribution in [0.2, 0.25) is 0 Å². The van der Waals surface area contributed by atoms with Gasteiger partial charge in [0.25, 0.3) is 5.91 Å². The SMILES string of the molecule is Cn1nc2c(c1C(=O)N[C@@H](Cn1ccnc1)C(C)(C)C)CCCC2. The molecule has 0 unspecified atom stereocenters. The monoisotopic (exact) mass is 329 g/mol. The van der Waals surface area contributed by atoms with Crippen LogP contribution in [-0.2, 0) is 26.4 Å². The maximum atomic E-state index is 13.0. The van der Waals surface area contributed by atoms with Crippen LogP contribution < -0.4 is 5.32 Å². The molecule has 0 spiro atoms. The second-order valence-electron chi connectivity index (χ2n) is 7.76.